The highest BCUT2D eigenvalue weighted by molar-refractivity contribution is 5.51. The van der Waals surface area contributed by atoms with Gasteiger partial charge in [0.2, 0.25) is 0 Å². The van der Waals surface area contributed by atoms with Crippen LogP contribution < -0.4 is 15.2 Å². The number of para-hydroxylation sites is 1. The number of benzene rings is 2. The van der Waals surface area contributed by atoms with E-state index >= 15 is 0 Å². The maximum atomic E-state index is 6.43. The van der Waals surface area contributed by atoms with Crippen LogP contribution in [0.15, 0.2) is 36.4 Å². The fourth-order valence-electron chi connectivity index (χ4n) is 2.42. The molecule has 20 heavy (non-hydrogen) atoms. The van der Waals surface area contributed by atoms with Crippen molar-refractivity contribution in [2.45, 2.75) is 19.9 Å². The molecule has 0 aliphatic heterocycles. The van der Waals surface area contributed by atoms with Gasteiger partial charge in [0.1, 0.15) is 11.5 Å². The average molecular weight is 271 g/mol. The Morgan fingerprint density at radius 2 is 1.60 bits per heavy atom. The maximum Gasteiger partial charge on any atom is 0.127 e. The average Bonchev–Trinajstić information content (AvgIpc) is 2.49. The van der Waals surface area contributed by atoms with E-state index in [0.717, 1.165) is 28.2 Å². The maximum absolute atomic E-state index is 6.43. The molecule has 2 N–H and O–H groups in total. The van der Waals surface area contributed by atoms with Crippen molar-refractivity contribution in [3.63, 3.8) is 0 Å². The van der Waals surface area contributed by atoms with Crippen LogP contribution in [0.5, 0.6) is 11.5 Å². The molecule has 106 valence electrons. The molecule has 0 amide bonds. The highest BCUT2D eigenvalue weighted by Crippen LogP contribution is 2.35. The van der Waals surface area contributed by atoms with Crippen LogP contribution in [-0.4, -0.2) is 14.2 Å². The quantitative estimate of drug-likeness (QED) is 0.927. The van der Waals surface area contributed by atoms with Gasteiger partial charge in [-0.05, 0) is 31.0 Å². The van der Waals surface area contributed by atoms with Gasteiger partial charge in [0.25, 0.3) is 0 Å². The summed E-state index contributed by atoms with van der Waals surface area (Å²) in [4.78, 5) is 0. The molecule has 0 saturated heterocycles. The minimum absolute atomic E-state index is 0.277. The van der Waals surface area contributed by atoms with Gasteiger partial charge in [-0.2, -0.15) is 0 Å². The van der Waals surface area contributed by atoms with Gasteiger partial charge < -0.3 is 15.2 Å². The third kappa shape index (κ3) is 2.49. The third-order valence-corrected chi connectivity index (χ3v) is 3.72. The van der Waals surface area contributed by atoms with E-state index in [1.165, 1.54) is 5.56 Å². The van der Waals surface area contributed by atoms with Crippen LogP contribution in [0.3, 0.4) is 0 Å². The predicted molar refractivity (Wildman–Crippen MR) is 81.5 cm³/mol. The molecule has 0 aromatic heterocycles. The summed E-state index contributed by atoms with van der Waals surface area (Å²) in [6.45, 7) is 4.11. The second-order valence-electron chi connectivity index (χ2n) is 4.85. The number of ether oxygens (including phenoxy) is 2. The first-order chi connectivity index (χ1) is 9.60. The lowest BCUT2D eigenvalue weighted by atomic mass is 9.94. The normalized spacial score (nSPS) is 12.1. The smallest absolute Gasteiger partial charge is 0.127 e. The monoisotopic (exact) mass is 271 g/mol. The molecule has 0 fully saturated rings. The van der Waals surface area contributed by atoms with Crippen molar-refractivity contribution < 1.29 is 9.47 Å². The first-order valence-corrected chi connectivity index (χ1v) is 6.62. The van der Waals surface area contributed by atoms with Crippen LogP contribution in [0, 0.1) is 13.8 Å². The van der Waals surface area contributed by atoms with E-state index < -0.39 is 0 Å². The number of hydrogen-bond donors (Lipinski definition) is 1. The summed E-state index contributed by atoms with van der Waals surface area (Å²) in [6.07, 6.45) is 0. The Labute approximate surface area is 120 Å². The molecule has 2 aromatic carbocycles. The molecule has 3 nitrogen and oxygen atoms in total. The zero-order chi connectivity index (χ0) is 14.7. The summed E-state index contributed by atoms with van der Waals surface area (Å²) in [7, 11) is 3.34. The molecule has 0 spiro atoms. The molecule has 1 unspecified atom stereocenters. The lowest BCUT2D eigenvalue weighted by molar-refractivity contribution is 0.398. The highest BCUT2D eigenvalue weighted by atomic mass is 16.5. The van der Waals surface area contributed by atoms with Crippen molar-refractivity contribution >= 4 is 0 Å². The van der Waals surface area contributed by atoms with Gasteiger partial charge in [0.05, 0.1) is 20.3 Å². The first-order valence-electron chi connectivity index (χ1n) is 6.62. The van der Waals surface area contributed by atoms with E-state index in [0.29, 0.717) is 0 Å². The van der Waals surface area contributed by atoms with Gasteiger partial charge >= 0.3 is 0 Å². The summed E-state index contributed by atoms with van der Waals surface area (Å²) >= 11 is 0. The Balaban J connectivity index is 2.53. The Morgan fingerprint density at radius 3 is 2.25 bits per heavy atom. The molecule has 0 aliphatic rings. The van der Waals surface area contributed by atoms with Crippen LogP contribution in [0.25, 0.3) is 0 Å². The summed E-state index contributed by atoms with van der Waals surface area (Å²) < 4.78 is 10.9. The van der Waals surface area contributed by atoms with Crippen LogP contribution in [-0.2, 0) is 0 Å². The summed E-state index contributed by atoms with van der Waals surface area (Å²) in [6, 6.07) is 11.6. The minimum atomic E-state index is -0.277. The number of nitrogens with two attached hydrogens (primary N) is 1. The molecule has 1 atom stereocenters. The van der Waals surface area contributed by atoms with Crippen LogP contribution in [0.1, 0.15) is 28.3 Å². The van der Waals surface area contributed by atoms with E-state index in [4.69, 9.17) is 15.2 Å². The van der Waals surface area contributed by atoms with Crippen LogP contribution in [0.4, 0.5) is 0 Å². The molecule has 0 bridgehead atoms. The molecular formula is C17H21NO2. The molecule has 0 radical (unpaired) electrons. The van der Waals surface area contributed by atoms with Gasteiger partial charge in [0, 0.05) is 11.1 Å². The van der Waals surface area contributed by atoms with Crippen molar-refractivity contribution in [3.8, 4) is 11.5 Å². The lowest BCUT2D eigenvalue weighted by Gasteiger charge is -2.20. The van der Waals surface area contributed by atoms with Gasteiger partial charge in [-0.25, -0.2) is 0 Å². The highest BCUT2D eigenvalue weighted by Gasteiger charge is 2.19. The molecule has 2 rings (SSSR count). The van der Waals surface area contributed by atoms with Crippen LogP contribution in [0.2, 0.25) is 0 Å². The largest absolute Gasteiger partial charge is 0.496 e. The van der Waals surface area contributed by atoms with Crippen molar-refractivity contribution in [2.24, 2.45) is 5.73 Å². The van der Waals surface area contributed by atoms with E-state index in [1.807, 2.05) is 37.3 Å². The van der Waals surface area contributed by atoms with Crippen LogP contribution >= 0.6 is 0 Å². The zero-order valence-corrected chi connectivity index (χ0v) is 12.4. The van der Waals surface area contributed by atoms with Gasteiger partial charge in [-0.3, -0.25) is 0 Å². The van der Waals surface area contributed by atoms with Crippen molar-refractivity contribution in [3.05, 3.63) is 58.7 Å². The molecule has 0 aliphatic carbocycles. The Kier molecular flexibility index (Phi) is 4.30. The van der Waals surface area contributed by atoms with Crippen molar-refractivity contribution in [1.29, 1.82) is 0 Å². The molecule has 3 heteroatoms. The second-order valence-corrected chi connectivity index (χ2v) is 4.85. The molecular weight excluding hydrogens is 250 g/mol. The lowest BCUT2D eigenvalue weighted by Crippen LogP contribution is -2.15. The Hall–Kier alpha value is -2.00. The Morgan fingerprint density at radius 1 is 0.900 bits per heavy atom. The van der Waals surface area contributed by atoms with E-state index in [1.54, 1.807) is 14.2 Å². The van der Waals surface area contributed by atoms with Crippen molar-refractivity contribution in [1.82, 2.24) is 0 Å². The van der Waals surface area contributed by atoms with Crippen molar-refractivity contribution in [2.75, 3.05) is 14.2 Å². The molecule has 0 saturated carbocycles. The Bertz CT molecular complexity index is 608. The molecule has 2 aromatic rings. The fraction of sp³-hybridized carbons (Fsp3) is 0.294. The standard InChI is InChI=1S/C17H21NO2/c1-11-9-10-14(17(20-4)12(11)2)16(18)13-7-5-6-8-15(13)19-3/h5-10,16H,18H2,1-4H3. The predicted octanol–water partition coefficient (Wildman–Crippen LogP) is 3.37. The third-order valence-electron chi connectivity index (χ3n) is 3.72. The molecule has 0 heterocycles. The summed E-state index contributed by atoms with van der Waals surface area (Å²) in [5.41, 5.74) is 10.7. The van der Waals surface area contributed by atoms with Gasteiger partial charge in [0.15, 0.2) is 0 Å². The number of rotatable bonds is 4. The van der Waals surface area contributed by atoms with E-state index in [2.05, 4.69) is 13.0 Å². The number of aryl methyl sites for hydroxylation is 1. The zero-order valence-electron chi connectivity index (χ0n) is 12.4. The number of methoxy groups -OCH3 is 2. The topological polar surface area (TPSA) is 44.5 Å². The van der Waals surface area contributed by atoms with E-state index in [9.17, 15) is 0 Å². The van der Waals surface area contributed by atoms with E-state index in [-0.39, 0.29) is 6.04 Å². The summed E-state index contributed by atoms with van der Waals surface area (Å²) in [5.74, 6) is 1.64. The van der Waals surface area contributed by atoms with Gasteiger partial charge in [-0.1, -0.05) is 30.3 Å². The SMILES string of the molecule is COc1ccccc1C(N)c1ccc(C)c(C)c1OC. The first kappa shape index (κ1) is 14.4. The summed E-state index contributed by atoms with van der Waals surface area (Å²) in [5, 5.41) is 0. The van der Waals surface area contributed by atoms with Gasteiger partial charge in [-0.15, -0.1) is 0 Å². The fourth-order valence-corrected chi connectivity index (χ4v) is 2.42. The number of hydrogen-bond acceptors (Lipinski definition) is 3. The second kappa shape index (κ2) is 5.97. The minimum Gasteiger partial charge on any atom is -0.496 e.